The zero-order chi connectivity index (χ0) is 25.1. The second kappa shape index (κ2) is 10.4. The van der Waals surface area contributed by atoms with Crippen molar-refractivity contribution in [2.75, 3.05) is 57.5 Å². The van der Waals surface area contributed by atoms with Gasteiger partial charge < -0.3 is 25.2 Å². The summed E-state index contributed by atoms with van der Waals surface area (Å²) >= 11 is 0. The highest BCUT2D eigenvalue weighted by atomic mass is 16.5. The van der Waals surface area contributed by atoms with Crippen molar-refractivity contribution in [3.8, 4) is 6.01 Å². The maximum Gasteiger partial charge on any atom is 0.336 e. The maximum atomic E-state index is 12.3. The molecule has 35 heavy (non-hydrogen) atoms. The van der Waals surface area contributed by atoms with E-state index < -0.39 is 0 Å². The fourth-order valence-corrected chi connectivity index (χ4v) is 4.16. The van der Waals surface area contributed by atoms with Crippen LogP contribution in [-0.4, -0.2) is 93.2 Å². The van der Waals surface area contributed by atoms with Crippen LogP contribution in [0.25, 0.3) is 5.65 Å². The van der Waals surface area contributed by atoms with E-state index in [1.165, 1.54) is 0 Å². The molecule has 1 aliphatic rings. The minimum Gasteiger partial charge on any atom is -0.459 e. The molecule has 1 saturated heterocycles. The average Bonchev–Trinajstić information content (AvgIpc) is 3.22. The number of fused-ring (bicyclic) bond motifs is 1. The minimum absolute atomic E-state index is 0.00816. The number of aryl methyl sites for hydroxylation is 1. The smallest absolute Gasteiger partial charge is 0.336 e. The lowest BCUT2D eigenvalue weighted by Gasteiger charge is -2.36. The summed E-state index contributed by atoms with van der Waals surface area (Å²) in [6, 6.07) is 2.39. The number of ether oxygens (including phenoxy) is 1. The highest BCUT2D eigenvalue weighted by molar-refractivity contribution is 5.78. The first kappa shape index (κ1) is 24.6. The average molecular weight is 482 g/mol. The number of amides is 1. The van der Waals surface area contributed by atoms with Crippen molar-refractivity contribution in [3.05, 3.63) is 35.3 Å². The van der Waals surface area contributed by atoms with Gasteiger partial charge in [-0.1, -0.05) is 13.0 Å². The van der Waals surface area contributed by atoms with E-state index in [2.05, 4.69) is 33.0 Å². The van der Waals surface area contributed by atoms with Crippen LogP contribution >= 0.6 is 0 Å². The summed E-state index contributed by atoms with van der Waals surface area (Å²) in [4.78, 5) is 31.8. The standard InChI is InChI=1S/C24H35N9O2/c1-6-17(3)35-24-28-21(25)23-27-14-19(33(23)29-24)12-18-11-16(2)22(26-13-18)32-9-7-31(8-10-32)20(34)15-30(4)5/h11,13-14,17H,6-10,12,15H2,1-5H3,(H2,25,28,29)/t17-/m0/s1. The van der Waals surface area contributed by atoms with Crippen LogP contribution in [0.4, 0.5) is 11.6 Å². The summed E-state index contributed by atoms with van der Waals surface area (Å²) in [6.07, 6.45) is 5.09. The lowest BCUT2D eigenvalue weighted by Crippen LogP contribution is -2.51. The molecule has 188 valence electrons. The van der Waals surface area contributed by atoms with Crippen molar-refractivity contribution in [1.82, 2.24) is 34.4 Å². The fourth-order valence-electron chi connectivity index (χ4n) is 4.16. The summed E-state index contributed by atoms with van der Waals surface area (Å²) in [7, 11) is 3.83. The van der Waals surface area contributed by atoms with Crippen LogP contribution in [0.5, 0.6) is 6.01 Å². The summed E-state index contributed by atoms with van der Waals surface area (Å²) < 4.78 is 7.48. The molecule has 0 aromatic carbocycles. The number of piperazine rings is 1. The Morgan fingerprint density at radius 3 is 2.60 bits per heavy atom. The highest BCUT2D eigenvalue weighted by Gasteiger charge is 2.23. The number of hydrogen-bond donors (Lipinski definition) is 1. The number of nitrogens with zero attached hydrogens (tertiary/aromatic N) is 8. The van der Waals surface area contributed by atoms with Crippen LogP contribution in [-0.2, 0) is 11.2 Å². The number of imidazole rings is 1. The van der Waals surface area contributed by atoms with Gasteiger partial charge in [-0.15, -0.1) is 5.10 Å². The first-order chi connectivity index (χ1) is 16.7. The van der Waals surface area contributed by atoms with Gasteiger partial charge in [0, 0.05) is 38.8 Å². The molecule has 11 nitrogen and oxygen atoms in total. The summed E-state index contributed by atoms with van der Waals surface area (Å²) in [5.74, 6) is 1.42. The first-order valence-electron chi connectivity index (χ1n) is 12.0. The predicted octanol–water partition coefficient (Wildman–Crippen LogP) is 1.39. The van der Waals surface area contributed by atoms with Gasteiger partial charge in [-0.2, -0.15) is 4.98 Å². The van der Waals surface area contributed by atoms with E-state index in [1.54, 1.807) is 10.7 Å². The highest BCUT2D eigenvalue weighted by Crippen LogP contribution is 2.22. The third-order valence-corrected chi connectivity index (χ3v) is 6.20. The Bertz CT molecular complexity index is 1190. The van der Waals surface area contributed by atoms with Gasteiger partial charge in [0.25, 0.3) is 0 Å². The Kier molecular flexibility index (Phi) is 7.34. The third kappa shape index (κ3) is 5.61. The number of carbonyl (C=O) groups is 1. The zero-order valence-electron chi connectivity index (χ0n) is 21.2. The van der Waals surface area contributed by atoms with E-state index in [0.717, 1.165) is 42.1 Å². The molecule has 3 aromatic heterocycles. The van der Waals surface area contributed by atoms with Crippen molar-refractivity contribution in [2.45, 2.75) is 39.7 Å². The molecule has 0 unspecified atom stereocenters. The van der Waals surface area contributed by atoms with Crippen LogP contribution in [0.15, 0.2) is 18.5 Å². The number of hydrogen-bond acceptors (Lipinski definition) is 9. The number of nitrogens with two attached hydrogens (primary N) is 1. The van der Waals surface area contributed by atoms with Crippen LogP contribution in [0.2, 0.25) is 0 Å². The molecule has 11 heteroatoms. The van der Waals surface area contributed by atoms with Crippen molar-refractivity contribution < 1.29 is 9.53 Å². The molecular formula is C24H35N9O2. The van der Waals surface area contributed by atoms with Crippen LogP contribution < -0.4 is 15.4 Å². The number of anilines is 2. The molecule has 0 spiro atoms. The van der Waals surface area contributed by atoms with E-state index in [0.29, 0.717) is 31.7 Å². The molecule has 4 rings (SSSR count). The molecule has 0 saturated carbocycles. The number of carbonyl (C=O) groups excluding carboxylic acids is 1. The predicted molar refractivity (Wildman–Crippen MR) is 135 cm³/mol. The molecule has 0 bridgehead atoms. The molecule has 0 aliphatic carbocycles. The number of likely N-dealkylation sites (N-methyl/N-ethyl adjacent to an activating group) is 1. The van der Waals surface area contributed by atoms with Gasteiger partial charge in [0.2, 0.25) is 5.91 Å². The molecule has 1 amide bonds. The summed E-state index contributed by atoms with van der Waals surface area (Å²) in [6.45, 7) is 9.48. The van der Waals surface area contributed by atoms with E-state index >= 15 is 0 Å². The molecular weight excluding hydrogens is 446 g/mol. The molecule has 1 aliphatic heterocycles. The molecule has 1 fully saturated rings. The third-order valence-electron chi connectivity index (χ3n) is 6.20. The van der Waals surface area contributed by atoms with E-state index in [1.807, 2.05) is 43.9 Å². The zero-order valence-corrected chi connectivity index (χ0v) is 21.2. The van der Waals surface area contributed by atoms with Gasteiger partial charge in [0.05, 0.1) is 24.5 Å². The molecule has 3 aromatic rings. The van der Waals surface area contributed by atoms with Gasteiger partial charge in [0.15, 0.2) is 11.5 Å². The van der Waals surface area contributed by atoms with E-state index in [-0.39, 0.29) is 23.8 Å². The van der Waals surface area contributed by atoms with Crippen LogP contribution in [0.3, 0.4) is 0 Å². The van der Waals surface area contributed by atoms with Gasteiger partial charge in [-0.25, -0.2) is 14.5 Å². The van der Waals surface area contributed by atoms with E-state index in [9.17, 15) is 4.79 Å². The van der Waals surface area contributed by atoms with Crippen molar-refractivity contribution in [2.24, 2.45) is 0 Å². The second-order valence-electron chi connectivity index (χ2n) is 9.37. The number of nitrogen functional groups attached to an aromatic ring is 1. The first-order valence-corrected chi connectivity index (χ1v) is 12.0. The molecule has 4 heterocycles. The summed E-state index contributed by atoms with van der Waals surface area (Å²) in [5, 5.41) is 4.51. The van der Waals surface area contributed by atoms with Crippen molar-refractivity contribution >= 4 is 23.2 Å². The quantitative estimate of drug-likeness (QED) is 0.509. The van der Waals surface area contributed by atoms with Crippen LogP contribution in [0, 0.1) is 6.92 Å². The number of aromatic nitrogens is 5. The Morgan fingerprint density at radius 2 is 1.94 bits per heavy atom. The molecule has 0 radical (unpaired) electrons. The second-order valence-corrected chi connectivity index (χ2v) is 9.37. The summed E-state index contributed by atoms with van der Waals surface area (Å²) in [5.41, 5.74) is 9.64. The van der Waals surface area contributed by atoms with Crippen molar-refractivity contribution in [3.63, 3.8) is 0 Å². The molecule has 1 atom stereocenters. The SMILES string of the molecule is CC[C@H](C)Oc1nc(N)c2ncc(Cc3cnc(N4CCN(C(=O)CN(C)C)CC4)c(C)c3)n2n1. The lowest BCUT2D eigenvalue weighted by atomic mass is 10.1. The minimum atomic E-state index is -0.00816. The Balaban J connectivity index is 1.46. The fraction of sp³-hybridized carbons (Fsp3) is 0.542. The van der Waals surface area contributed by atoms with Gasteiger partial charge in [-0.05, 0) is 45.5 Å². The van der Waals surface area contributed by atoms with Crippen LogP contribution in [0.1, 0.15) is 37.1 Å². The monoisotopic (exact) mass is 481 g/mol. The Labute approximate surface area is 205 Å². The largest absolute Gasteiger partial charge is 0.459 e. The molecule has 2 N–H and O–H groups in total. The topological polar surface area (TPSA) is 118 Å². The lowest BCUT2D eigenvalue weighted by molar-refractivity contribution is -0.132. The van der Waals surface area contributed by atoms with Gasteiger partial charge in [-0.3, -0.25) is 4.79 Å². The van der Waals surface area contributed by atoms with Gasteiger partial charge in [0.1, 0.15) is 5.82 Å². The van der Waals surface area contributed by atoms with Crippen molar-refractivity contribution in [1.29, 1.82) is 0 Å². The maximum absolute atomic E-state index is 12.3. The van der Waals surface area contributed by atoms with Gasteiger partial charge >= 0.3 is 6.01 Å². The Morgan fingerprint density at radius 1 is 1.20 bits per heavy atom. The normalized spacial score (nSPS) is 15.1. The number of pyridine rings is 1. The Hall–Kier alpha value is -3.47. The van der Waals surface area contributed by atoms with E-state index in [4.69, 9.17) is 15.5 Å². The number of rotatable bonds is 8.